The summed E-state index contributed by atoms with van der Waals surface area (Å²) in [6.07, 6.45) is 3.77. The van der Waals surface area contributed by atoms with Gasteiger partial charge in [0.05, 0.1) is 22.7 Å². The van der Waals surface area contributed by atoms with Crippen LogP contribution in [0, 0.1) is 16.0 Å². The fourth-order valence-corrected chi connectivity index (χ4v) is 4.53. The molecule has 0 saturated carbocycles. The molecule has 0 bridgehead atoms. The third-order valence-corrected chi connectivity index (χ3v) is 6.47. The molecule has 1 amide bonds. The zero-order chi connectivity index (χ0) is 25.0. The van der Waals surface area contributed by atoms with E-state index in [1.807, 2.05) is 20.8 Å². The molecule has 1 aromatic carbocycles. The maximum absolute atomic E-state index is 12.6. The number of rotatable bonds is 16. The topological polar surface area (TPSA) is 128 Å². The lowest BCUT2D eigenvalue weighted by Gasteiger charge is -2.22. The Hall–Kier alpha value is -1.80. The highest BCUT2D eigenvalue weighted by Crippen LogP contribution is 2.50. The van der Waals surface area contributed by atoms with Gasteiger partial charge in [-0.1, -0.05) is 53.0 Å². The van der Waals surface area contributed by atoms with E-state index < -0.39 is 25.0 Å². The Balaban J connectivity index is 2.90. The molecular weight excluding hydrogens is 447 g/mol. The monoisotopic (exact) mass is 486 g/mol. The van der Waals surface area contributed by atoms with Gasteiger partial charge >= 0.3 is 7.82 Å². The Kier molecular flexibility index (Phi) is 12.8. The lowest BCUT2D eigenvalue weighted by Crippen LogP contribution is -2.23. The van der Waals surface area contributed by atoms with Crippen molar-refractivity contribution in [3.05, 3.63) is 39.4 Å². The highest BCUT2D eigenvalue weighted by molar-refractivity contribution is 7.47. The van der Waals surface area contributed by atoms with Crippen molar-refractivity contribution in [2.24, 2.45) is 5.92 Å². The maximum Gasteiger partial charge on any atom is 0.473 e. The van der Waals surface area contributed by atoms with Gasteiger partial charge in [0.15, 0.2) is 0 Å². The number of hydrogen-bond acceptors (Lipinski definition) is 6. The molecule has 188 valence electrons. The van der Waals surface area contributed by atoms with Crippen molar-refractivity contribution in [1.82, 2.24) is 5.32 Å². The molecule has 33 heavy (non-hydrogen) atoms. The summed E-state index contributed by atoms with van der Waals surface area (Å²) in [5, 5.41) is 14.3. The highest BCUT2D eigenvalue weighted by Gasteiger charge is 2.31. The molecule has 3 unspecified atom stereocenters. The third kappa shape index (κ3) is 11.3. The van der Waals surface area contributed by atoms with Crippen molar-refractivity contribution in [2.45, 2.75) is 98.3 Å². The summed E-state index contributed by atoms with van der Waals surface area (Å²) in [7, 11) is -4.44. The van der Waals surface area contributed by atoms with Crippen molar-refractivity contribution in [1.29, 1.82) is 0 Å². The molecule has 0 aromatic heterocycles. The van der Waals surface area contributed by atoms with Crippen LogP contribution in [-0.4, -0.2) is 21.8 Å². The number of amides is 1. The molecular formula is C23H39N2O7P. The van der Waals surface area contributed by atoms with Crippen LogP contribution in [-0.2, 0) is 25.0 Å². The predicted octanol–water partition coefficient (Wildman–Crippen LogP) is 6.20. The molecule has 1 aromatic rings. The molecule has 0 aliphatic carbocycles. The minimum absolute atomic E-state index is 0.102. The summed E-state index contributed by atoms with van der Waals surface area (Å²) in [5.74, 6) is 0.310. The normalized spacial score (nSPS) is 15.1. The zero-order valence-corrected chi connectivity index (χ0v) is 21.3. The van der Waals surface area contributed by atoms with Crippen LogP contribution in [0.25, 0.3) is 0 Å². The first kappa shape index (κ1) is 29.2. The first-order chi connectivity index (χ1) is 15.5. The highest BCUT2D eigenvalue weighted by atomic mass is 31.2. The predicted molar refractivity (Wildman–Crippen MR) is 128 cm³/mol. The van der Waals surface area contributed by atoms with Crippen molar-refractivity contribution in [2.75, 3.05) is 0 Å². The number of nitrogens with zero attached hydrogens (tertiary/aromatic N) is 1. The molecule has 0 heterocycles. The van der Waals surface area contributed by atoms with Gasteiger partial charge in [0.25, 0.3) is 5.69 Å². The number of benzene rings is 1. The Labute approximate surface area is 197 Å². The number of nitro benzene ring substituents is 1. The summed E-state index contributed by atoms with van der Waals surface area (Å²) in [4.78, 5) is 33.2. The van der Waals surface area contributed by atoms with E-state index in [9.17, 15) is 24.4 Å². The SMILES string of the molecule is CCCCCC(CC)OP(=O)(O)OC(C)c1cc(CNC(=O)CCC(C)C)ccc1[N+](=O)[O-]. The van der Waals surface area contributed by atoms with Crippen LogP contribution in [0.1, 0.15) is 96.8 Å². The van der Waals surface area contributed by atoms with Crippen LogP contribution in [0.5, 0.6) is 0 Å². The lowest BCUT2D eigenvalue weighted by molar-refractivity contribution is -0.386. The molecule has 0 aliphatic heterocycles. The van der Waals surface area contributed by atoms with E-state index in [-0.39, 0.29) is 23.7 Å². The second-order valence-corrected chi connectivity index (χ2v) is 10.1. The smallest absolute Gasteiger partial charge is 0.352 e. The molecule has 3 atom stereocenters. The molecule has 0 aliphatic rings. The largest absolute Gasteiger partial charge is 0.473 e. The Morgan fingerprint density at radius 2 is 1.88 bits per heavy atom. The minimum atomic E-state index is -4.44. The van der Waals surface area contributed by atoms with E-state index >= 15 is 0 Å². The van der Waals surface area contributed by atoms with Gasteiger partial charge < -0.3 is 10.2 Å². The Bertz CT molecular complexity index is 816. The second kappa shape index (κ2) is 14.5. The van der Waals surface area contributed by atoms with Gasteiger partial charge in [0, 0.05) is 19.0 Å². The quantitative estimate of drug-likeness (QED) is 0.123. The molecule has 0 spiro atoms. The number of unbranched alkanes of at least 4 members (excludes halogenated alkanes) is 2. The van der Waals surface area contributed by atoms with Crippen LogP contribution < -0.4 is 5.32 Å². The average molecular weight is 487 g/mol. The van der Waals surface area contributed by atoms with Crippen LogP contribution in [0.15, 0.2) is 18.2 Å². The number of hydrogen-bond donors (Lipinski definition) is 2. The van der Waals surface area contributed by atoms with Crippen LogP contribution in [0.4, 0.5) is 5.69 Å². The van der Waals surface area contributed by atoms with E-state index in [1.54, 1.807) is 6.07 Å². The van der Waals surface area contributed by atoms with Gasteiger partial charge in [-0.25, -0.2) is 4.57 Å². The van der Waals surface area contributed by atoms with E-state index in [4.69, 9.17) is 9.05 Å². The number of carbonyl (C=O) groups excluding carboxylic acids is 1. The van der Waals surface area contributed by atoms with Gasteiger partial charge in [-0.05, 0) is 43.7 Å². The standard InChI is InChI=1S/C23H39N2O7P/c1-6-8-9-10-20(7-2)32-33(29,30)31-18(5)21-15-19(12-13-22(21)25(27)28)16-24-23(26)14-11-17(3)4/h12-13,15,17-18,20H,6-11,14,16H2,1-5H3,(H,24,26)(H,29,30). The number of carbonyl (C=O) groups is 1. The molecule has 1 rings (SSSR count). The minimum Gasteiger partial charge on any atom is -0.352 e. The molecule has 0 radical (unpaired) electrons. The van der Waals surface area contributed by atoms with E-state index in [0.717, 1.165) is 25.7 Å². The molecule has 0 fully saturated rings. The van der Waals surface area contributed by atoms with Gasteiger partial charge in [-0.2, -0.15) is 0 Å². The van der Waals surface area contributed by atoms with Crippen LogP contribution in [0.3, 0.4) is 0 Å². The number of phosphoric ester groups is 1. The number of nitrogens with one attached hydrogen (secondary N) is 1. The first-order valence-corrected chi connectivity index (χ1v) is 13.2. The number of nitro groups is 1. The van der Waals surface area contributed by atoms with Crippen molar-refractivity contribution < 1.29 is 28.2 Å². The lowest BCUT2D eigenvalue weighted by atomic mass is 10.0. The molecule has 10 heteroatoms. The molecule has 2 N–H and O–H groups in total. The summed E-state index contributed by atoms with van der Waals surface area (Å²) in [6.45, 7) is 9.67. The number of phosphoric acid groups is 1. The average Bonchev–Trinajstić information content (AvgIpc) is 2.74. The summed E-state index contributed by atoms with van der Waals surface area (Å²) >= 11 is 0. The first-order valence-electron chi connectivity index (χ1n) is 11.7. The van der Waals surface area contributed by atoms with Crippen molar-refractivity contribution >= 4 is 19.4 Å². The summed E-state index contributed by atoms with van der Waals surface area (Å²) in [5.41, 5.74) is 0.543. The summed E-state index contributed by atoms with van der Waals surface area (Å²) in [6, 6.07) is 4.38. The van der Waals surface area contributed by atoms with Crippen molar-refractivity contribution in [3.63, 3.8) is 0 Å². The van der Waals surface area contributed by atoms with Crippen LogP contribution >= 0.6 is 7.82 Å². The van der Waals surface area contributed by atoms with E-state index in [2.05, 4.69) is 12.2 Å². The molecule has 0 saturated heterocycles. The fourth-order valence-electron chi connectivity index (χ4n) is 3.34. The summed E-state index contributed by atoms with van der Waals surface area (Å²) < 4.78 is 23.2. The van der Waals surface area contributed by atoms with Gasteiger partial charge in [0.1, 0.15) is 0 Å². The Morgan fingerprint density at radius 3 is 2.45 bits per heavy atom. The van der Waals surface area contributed by atoms with Crippen molar-refractivity contribution in [3.8, 4) is 0 Å². The van der Waals surface area contributed by atoms with E-state index in [0.29, 0.717) is 30.7 Å². The third-order valence-electron chi connectivity index (χ3n) is 5.32. The van der Waals surface area contributed by atoms with Gasteiger partial charge in [0.2, 0.25) is 5.91 Å². The van der Waals surface area contributed by atoms with Gasteiger partial charge in [-0.3, -0.25) is 24.0 Å². The Morgan fingerprint density at radius 1 is 1.18 bits per heavy atom. The fraction of sp³-hybridized carbons (Fsp3) is 0.696. The van der Waals surface area contributed by atoms with Gasteiger partial charge in [-0.15, -0.1) is 0 Å². The van der Waals surface area contributed by atoms with E-state index in [1.165, 1.54) is 19.1 Å². The zero-order valence-electron chi connectivity index (χ0n) is 20.4. The van der Waals surface area contributed by atoms with Crippen LogP contribution in [0.2, 0.25) is 0 Å². The second-order valence-electron chi connectivity index (χ2n) is 8.71. The molecule has 9 nitrogen and oxygen atoms in total. The maximum atomic E-state index is 12.6.